The van der Waals surface area contributed by atoms with Crippen LogP contribution in [0.4, 0.5) is 0 Å². The van der Waals surface area contributed by atoms with Crippen molar-refractivity contribution in [3.63, 3.8) is 0 Å². The summed E-state index contributed by atoms with van der Waals surface area (Å²) in [6, 6.07) is 3.81. The van der Waals surface area contributed by atoms with E-state index < -0.39 is 0 Å². The third-order valence-electron chi connectivity index (χ3n) is 6.86. The van der Waals surface area contributed by atoms with Crippen molar-refractivity contribution >= 4 is 40.0 Å². The van der Waals surface area contributed by atoms with Gasteiger partial charge >= 0.3 is 0 Å². The molecule has 31 heavy (non-hydrogen) atoms. The highest BCUT2D eigenvalue weighted by atomic mass is 35.5. The van der Waals surface area contributed by atoms with Gasteiger partial charge in [0.2, 0.25) is 0 Å². The van der Waals surface area contributed by atoms with Crippen LogP contribution in [0.2, 0.25) is 10.0 Å². The van der Waals surface area contributed by atoms with Crippen LogP contribution in [0.1, 0.15) is 45.6 Å². The SMILES string of the molecule is Cc1[nH]c(=O)c(CN2CCc3c(Cl)cc(C(C)C4CNC4)c(Cl)c3C2=O)c2cc[nH]c12. The van der Waals surface area contributed by atoms with Gasteiger partial charge in [-0.3, -0.25) is 9.59 Å². The summed E-state index contributed by atoms with van der Waals surface area (Å²) >= 11 is 13.4. The van der Waals surface area contributed by atoms with E-state index in [-0.39, 0.29) is 23.9 Å². The third kappa shape index (κ3) is 3.28. The molecule has 3 N–H and O–H groups in total. The number of halogens is 2. The molecule has 0 radical (unpaired) electrons. The average molecular weight is 459 g/mol. The minimum Gasteiger partial charge on any atom is -0.360 e. The maximum absolute atomic E-state index is 13.5. The molecule has 1 unspecified atom stereocenters. The van der Waals surface area contributed by atoms with E-state index in [1.165, 1.54) is 0 Å². The van der Waals surface area contributed by atoms with Crippen LogP contribution in [0.5, 0.6) is 0 Å². The zero-order valence-electron chi connectivity index (χ0n) is 17.4. The second-order valence-electron chi connectivity index (χ2n) is 8.62. The lowest BCUT2D eigenvalue weighted by Gasteiger charge is -2.35. The summed E-state index contributed by atoms with van der Waals surface area (Å²) in [6.45, 7) is 6.58. The molecule has 1 amide bonds. The molecule has 0 spiro atoms. The second-order valence-corrected chi connectivity index (χ2v) is 9.41. The van der Waals surface area contributed by atoms with E-state index in [4.69, 9.17) is 23.2 Å². The third-order valence-corrected chi connectivity index (χ3v) is 7.60. The summed E-state index contributed by atoms with van der Waals surface area (Å²) < 4.78 is 0. The normalized spacial score (nSPS) is 17.7. The average Bonchev–Trinajstić information content (AvgIpc) is 3.17. The molecule has 6 nitrogen and oxygen atoms in total. The smallest absolute Gasteiger partial charge is 0.256 e. The van der Waals surface area contributed by atoms with Crippen molar-refractivity contribution in [1.82, 2.24) is 20.2 Å². The molecule has 5 rings (SSSR count). The molecule has 4 heterocycles. The number of aromatic amines is 2. The first-order valence-electron chi connectivity index (χ1n) is 10.6. The molecule has 162 valence electrons. The van der Waals surface area contributed by atoms with Gasteiger partial charge < -0.3 is 20.2 Å². The topological polar surface area (TPSA) is 81.0 Å². The number of hydrogen-bond donors (Lipinski definition) is 3. The quantitative estimate of drug-likeness (QED) is 0.552. The van der Waals surface area contributed by atoms with E-state index in [2.05, 4.69) is 22.2 Å². The highest BCUT2D eigenvalue weighted by Gasteiger charge is 2.34. The molecule has 1 fully saturated rings. The fraction of sp³-hybridized carbons (Fsp3) is 0.391. The number of carbonyl (C=O) groups excluding carboxylic acids is 1. The second kappa shape index (κ2) is 7.69. The number of nitrogens with zero attached hydrogens (tertiary/aromatic N) is 1. The molecular weight excluding hydrogens is 435 g/mol. The van der Waals surface area contributed by atoms with Crippen LogP contribution in [0.25, 0.3) is 10.9 Å². The molecule has 2 aliphatic rings. The molecule has 3 aromatic rings. The van der Waals surface area contributed by atoms with Crippen LogP contribution in [0.3, 0.4) is 0 Å². The van der Waals surface area contributed by atoms with Crippen LogP contribution < -0.4 is 10.9 Å². The van der Waals surface area contributed by atoms with Crippen molar-refractivity contribution in [1.29, 1.82) is 0 Å². The Hall–Kier alpha value is -2.28. The van der Waals surface area contributed by atoms with Gasteiger partial charge in [-0.25, -0.2) is 0 Å². The number of aryl methyl sites for hydroxylation is 1. The van der Waals surface area contributed by atoms with Crippen LogP contribution in [0, 0.1) is 12.8 Å². The minimum atomic E-state index is -0.174. The highest BCUT2D eigenvalue weighted by Crippen LogP contribution is 2.40. The maximum atomic E-state index is 13.5. The molecule has 0 bridgehead atoms. The van der Waals surface area contributed by atoms with E-state index in [0.29, 0.717) is 40.1 Å². The number of aromatic nitrogens is 2. The Bertz CT molecular complexity index is 1260. The number of amides is 1. The van der Waals surface area contributed by atoms with Gasteiger partial charge in [0.25, 0.3) is 11.5 Å². The maximum Gasteiger partial charge on any atom is 0.256 e. The summed E-state index contributed by atoms with van der Waals surface area (Å²) in [4.78, 5) is 34.0. The summed E-state index contributed by atoms with van der Waals surface area (Å²) in [6.07, 6.45) is 2.42. The van der Waals surface area contributed by atoms with E-state index >= 15 is 0 Å². The zero-order valence-corrected chi connectivity index (χ0v) is 19.0. The number of H-pyrrole nitrogens is 2. The lowest BCUT2D eigenvalue weighted by atomic mass is 9.82. The van der Waals surface area contributed by atoms with Gasteiger partial charge in [0.15, 0.2) is 0 Å². The number of fused-ring (bicyclic) bond motifs is 2. The lowest BCUT2D eigenvalue weighted by Crippen LogP contribution is -2.45. The first-order chi connectivity index (χ1) is 14.9. The van der Waals surface area contributed by atoms with Gasteiger partial charge in [-0.05, 0) is 61.5 Å². The minimum absolute atomic E-state index is 0.169. The number of carbonyl (C=O) groups is 1. The first-order valence-corrected chi connectivity index (χ1v) is 11.3. The standard InChI is InChI=1S/C23H24Cl2N4O2/c1-11(13-8-26-9-13)16-7-18(24)15-4-6-29(23(31)19(15)20(16)25)10-17-14-3-5-27-21(14)12(2)28-22(17)30/h3,5,7,11,13,26-27H,4,6,8-10H2,1-2H3,(H,28,30). The largest absolute Gasteiger partial charge is 0.360 e. The Morgan fingerprint density at radius 1 is 1.26 bits per heavy atom. The van der Waals surface area contributed by atoms with E-state index in [1.807, 2.05) is 19.1 Å². The number of rotatable bonds is 4. The Morgan fingerprint density at radius 2 is 2.03 bits per heavy atom. The van der Waals surface area contributed by atoms with Crippen molar-refractivity contribution in [2.24, 2.45) is 5.92 Å². The molecule has 1 saturated heterocycles. The van der Waals surface area contributed by atoms with Crippen molar-refractivity contribution in [3.8, 4) is 0 Å². The van der Waals surface area contributed by atoms with Gasteiger partial charge in [-0.2, -0.15) is 0 Å². The lowest BCUT2D eigenvalue weighted by molar-refractivity contribution is 0.0727. The van der Waals surface area contributed by atoms with Crippen molar-refractivity contribution in [2.75, 3.05) is 19.6 Å². The number of hydrogen-bond acceptors (Lipinski definition) is 3. The zero-order chi connectivity index (χ0) is 21.9. The molecule has 0 aliphatic carbocycles. The molecule has 0 saturated carbocycles. The van der Waals surface area contributed by atoms with Crippen molar-refractivity contribution in [3.05, 3.63) is 66.7 Å². The summed E-state index contributed by atoms with van der Waals surface area (Å²) in [5, 5.41) is 5.22. The molecule has 8 heteroatoms. The predicted octanol–water partition coefficient (Wildman–Crippen LogP) is 3.99. The number of pyridine rings is 1. The van der Waals surface area contributed by atoms with Crippen LogP contribution in [-0.2, 0) is 13.0 Å². The highest BCUT2D eigenvalue weighted by molar-refractivity contribution is 6.37. The van der Waals surface area contributed by atoms with Crippen LogP contribution in [0.15, 0.2) is 23.1 Å². The summed E-state index contributed by atoms with van der Waals surface area (Å²) in [5.74, 6) is 0.520. The Balaban J connectivity index is 1.53. The van der Waals surface area contributed by atoms with Gasteiger partial charge in [0.1, 0.15) is 0 Å². The molecular formula is C23H24Cl2N4O2. The Kier molecular flexibility index (Phi) is 5.12. The fourth-order valence-electron chi connectivity index (χ4n) is 4.77. The monoisotopic (exact) mass is 458 g/mol. The van der Waals surface area contributed by atoms with Gasteiger partial charge in [-0.15, -0.1) is 0 Å². The molecule has 1 aromatic carbocycles. The predicted molar refractivity (Wildman–Crippen MR) is 123 cm³/mol. The van der Waals surface area contributed by atoms with E-state index in [1.54, 1.807) is 11.1 Å². The molecule has 1 atom stereocenters. The van der Waals surface area contributed by atoms with E-state index in [9.17, 15) is 9.59 Å². The van der Waals surface area contributed by atoms with Crippen molar-refractivity contribution in [2.45, 2.75) is 32.7 Å². The Morgan fingerprint density at radius 3 is 2.74 bits per heavy atom. The summed E-state index contributed by atoms with van der Waals surface area (Å²) in [7, 11) is 0. The van der Waals surface area contributed by atoms with Crippen LogP contribution >= 0.6 is 23.2 Å². The van der Waals surface area contributed by atoms with Crippen molar-refractivity contribution < 1.29 is 4.79 Å². The van der Waals surface area contributed by atoms with Gasteiger partial charge in [0, 0.05) is 34.4 Å². The molecule has 2 aromatic heterocycles. The summed E-state index contributed by atoms with van der Waals surface area (Å²) in [5.41, 5.74) is 4.28. The molecule has 2 aliphatic heterocycles. The number of nitrogens with one attached hydrogen (secondary N) is 3. The van der Waals surface area contributed by atoms with Crippen LogP contribution in [-0.4, -0.2) is 40.4 Å². The Labute approximate surface area is 189 Å². The van der Waals surface area contributed by atoms with E-state index in [0.717, 1.165) is 40.8 Å². The van der Waals surface area contributed by atoms with Gasteiger partial charge in [0.05, 0.1) is 22.6 Å². The first kappa shape index (κ1) is 20.6. The fourth-order valence-corrected chi connectivity index (χ4v) is 5.50. The number of benzene rings is 1. The van der Waals surface area contributed by atoms with Gasteiger partial charge in [-0.1, -0.05) is 30.1 Å².